The maximum Gasteiger partial charge on any atom is 0.225 e. The van der Waals surface area contributed by atoms with Gasteiger partial charge >= 0.3 is 0 Å². The van der Waals surface area contributed by atoms with Gasteiger partial charge in [-0.15, -0.1) is 0 Å². The molecule has 126 valence electrons. The molecular formula is C19H18N4OS. The molecule has 1 N–H and O–H groups in total. The highest BCUT2D eigenvalue weighted by atomic mass is 32.1. The number of hydrogen-bond donors (Lipinski definition) is 1. The molecule has 0 spiro atoms. The van der Waals surface area contributed by atoms with Crippen molar-refractivity contribution in [3.8, 4) is 11.4 Å². The molecule has 25 heavy (non-hydrogen) atoms. The van der Waals surface area contributed by atoms with Crippen LogP contribution in [0.3, 0.4) is 0 Å². The number of nitrogens with one attached hydrogen (secondary N) is 1. The lowest BCUT2D eigenvalue weighted by Gasteiger charge is -2.17. The summed E-state index contributed by atoms with van der Waals surface area (Å²) >= 11 is 1.64. The maximum absolute atomic E-state index is 12.2. The molecule has 5 nitrogen and oxygen atoms in total. The highest BCUT2D eigenvalue weighted by molar-refractivity contribution is 7.08. The van der Waals surface area contributed by atoms with E-state index in [1.165, 1.54) is 0 Å². The Morgan fingerprint density at radius 3 is 2.84 bits per heavy atom. The van der Waals surface area contributed by atoms with Crippen molar-refractivity contribution in [2.75, 3.05) is 11.9 Å². The summed E-state index contributed by atoms with van der Waals surface area (Å²) in [5.74, 6) is 1.81. The fourth-order valence-electron chi connectivity index (χ4n) is 3.47. The van der Waals surface area contributed by atoms with Crippen LogP contribution in [0, 0.1) is 0 Å². The Morgan fingerprint density at radius 1 is 1.16 bits per heavy atom. The molecule has 1 atom stereocenters. The lowest BCUT2D eigenvalue weighted by atomic mass is 10.2. The summed E-state index contributed by atoms with van der Waals surface area (Å²) in [6.07, 6.45) is 2.84. The number of rotatable bonds is 4. The van der Waals surface area contributed by atoms with Gasteiger partial charge in [-0.3, -0.25) is 4.79 Å². The molecule has 2 aromatic heterocycles. The second kappa shape index (κ2) is 5.81. The van der Waals surface area contributed by atoms with Crippen LogP contribution in [0.15, 0.2) is 41.1 Å². The smallest absolute Gasteiger partial charge is 0.225 e. The Hall–Kier alpha value is -2.47. The van der Waals surface area contributed by atoms with E-state index in [1.54, 1.807) is 11.3 Å². The minimum Gasteiger partial charge on any atom is -0.364 e. The predicted molar refractivity (Wildman–Crippen MR) is 99.6 cm³/mol. The van der Waals surface area contributed by atoms with Crippen molar-refractivity contribution in [2.24, 2.45) is 0 Å². The molecule has 3 heterocycles. The van der Waals surface area contributed by atoms with E-state index in [-0.39, 0.29) is 11.9 Å². The SMILES string of the molecule is O=C1CC(Nc2nc(-c3ccsc3)nc3ccccc23)CN1C1CC1. The lowest BCUT2D eigenvalue weighted by molar-refractivity contribution is -0.128. The second-order valence-electron chi connectivity index (χ2n) is 6.75. The number of amides is 1. The van der Waals surface area contributed by atoms with Crippen molar-refractivity contribution in [1.82, 2.24) is 14.9 Å². The molecule has 1 saturated heterocycles. The van der Waals surface area contributed by atoms with Crippen molar-refractivity contribution >= 4 is 34.0 Å². The van der Waals surface area contributed by atoms with Crippen LogP contribution in [-0.2, 0) is 4.79 Å². The maximum atomic E-state index is 12.2. The molecule has 6 heteroatoms. The topological polar surface area (TPSA) is 58.1 Å². The quantitative estimate of drug-likeness (QED) is 0.782. The number of benzene rings is 1. The summed E-state index contributed by atoms with van der Waals surface area (Å²) < 4.78 is 0. The monoisotopic (exact) mass is 350 g/mol. The molecule has 2 aliphatic rings. The molecule has 1 unspecified atom stereocenters. The van der Waals surface area contributed by atoms with E-state index in [0.717, 1.165) is 47.5 Å². The molecule has 2 fully saturated rings. The third-order valence-corrected chi connectivity index (χ3v) is 5.55. The standard InChI is InChI=1S/C19H18N4OS/c24-17-9-13(10-23(17)14-5-6-14)20-19-15-3-1-2-4-16(15)21-18(22-19)12-7-8-25-11-12/h1-4,7-8,11,13-14H,5-6,9-10H2,(H,20,21,22). The van der Waals surface area contributed by atoms with E-state index in [1.807, 2.05) is 40.6 Å². The van der Waals surface area contributed by atoms with Gasteiger partial charge in [0.1, 0.15) is 5.82 Å². The van der Waals surface area contributed by atoms with Gasteiger partial charge in [-0.05, 0) is 36.4 Å². The number of aromatic nitrogens is 2. The molecule has 0 bridgehead atoms. The lowest BCUT2D eigenvalue weighted by Crippen LogP contribution is -2.30. The molecule has 1 amide bonds. The van der Waals surface area contributed by atoms with Crippen molar-refractivity contribution < 1.29 is 4.79 Å². The first-order valence-corrected chi connectivity index (χ1v) is 9.57. The Labute approximate surface area is 149 Å². The number of carbonyl (C=O) groups is 1. The minimum atomic E-state index is 0.113. The molecule has 5 rings (SSSR count). The van der Waals surface area contributed by atoms with Gasteiger partial charge in [0.25, 0.3) is 0 Å². The number of likely N-dealkylation sites (tertiary alicyclic amines) is 1. The fourth-order valence-corrected chi connectivity index (χ4v) is 4.10. The van der Waals surface area contributed by atoms with E-state index in [2.05, 4.69) is 10.7 Å². The van der Waals surface area contributed by atoms with E-state index in [9.17, 15) is 4.79 Å². The number of nitrogens with zero attached hydrogens (tertiary/aromatic N) is 3. The first kappa shape index (κ1) is 14.8. The average Bonchev–Trinajstić information content (AvgIpc) is 3.17. The first-order chi connectivity index (χ1) is 12.3. The van der Waals surface area contributed by atoms with Crippen molar-refractivity contribution in [2.45, 2.75) is 31.3 Å². The van der Waals surface area contributed by atoms with Crippen LogP contribution in [0.1, 0.15) is 19.3 Å². The van der Waals surface area contributed by atoms with Gasteiger partial charge < -0.3 is 10.2 Å². The molecule has 1 aliphatic carbocycles. The van der Waals surface area contributed by atoms with Gasteiger partial charge in [-0.1, -0.05) is 12.1 Å². The van der Waals surface area contributed by atoms with Crippen LogP contribution in [0.4, 0.5) is 5.82 Å². The van der Waals surface area contributed by atoms with Crippen molar-refractivity contribution in [3.05, 3.63) is 41.1 Å². The Morgan fingerprint density at radius 2 is 2.04 bits per heavy atom. The highest BCUT2D eigenvalue weighted by Crippen LogP contribution is 2.32. The minimum absolute atomic E-state index is 0.113. The molecule has 3 aromatic rings. The van der Waals surface area contributed by atoms with Gasteiger partial charge in [0.2, 0.25) is 5.91 Å². The number of hydrogen-bond acceptors (Lipinski definition) is 5. The van der Waals surface area contributed by atoms with Crippen LogP contribution in [0.25, 0.3) is 22.3 Å². The number of fused-ring (bicyclic) bond motifs is 1. The van der Waals surface area contributed by atoms with E-state index < -0.39 is 0 Å². The zero-order valence-electron chi connectivity index (χ0n) is 13.7. The van der Waals surface area contributed by atoms with Crippen molar-refractivity contribution in [1.29, 1.82) is 0 Å². The van der Waals surface area contributed by atoms with E-state index in [4.69, 9.17) is 9.97 Å². The molecule has 0 radical (unpaired) electrons. The van der Waals surface area contributed by atoms with Crippen LogP contribution in [0.2, 0.25) is 0 Å². The van der Waals surface area contributed by atoms with Gasteiger partial charge in [-0.2, -0.15) is 11.3 Å². The third kappa shape index (κ3) is 2.76. The Bertz CT molecular complexity index is 936. The second-order valence-corrected chi connectivity index (χ2v) is 7.53. The van der Waals surface area contributed by atoms with Crippen LogP contribution >= 0.6 is 11.3 Å². The summed E-state index contributed by atoms with van der Waals surface area (Å²) in [5, 5.41) is 8.61. The average molecular weight is 350 g/mol. The number of anilines is 1. The van der Waals surface area contributed by atoms with Crippen LogP contribution < -0.4 is 5.32 Å². The number of para-hydroxylation sites is 1. The third-order valence-electron chi connectivity index (χ3n) is 4.87. The van der Waals surface area contributed by atoms with Gasteiger partial charge in [0, 0.05) is 35.3 Å². The molecular weight excluding hydrogens is 332 g/mol. The Balaban J connectivity index is 1.50. The largest absolute Gasteiger partial charge is 0.364 e. The predicted octanol–water partition coefficient (Wildman–Crippen LogP) is 3.53. The number of thiophene rings is 1. The first-order valence-electron chi connectivity index (χ1n) is 8.63. The Kier molecular flexibility index (Phi) is 3.45. The summed E-state index contributed by atoms with van der Waals surface area (Å²) in [5.41, 5.74) is 1.95. The van der Waals surface area contributed by atoms with Gasteiger partial charge in [-0.25, -0.2) is 9.97 Å². The summed E-state index contributed by atoms with van der Waals surface area (Å²) in [6.45, 7) is 0.773. The normalized spacial score (nSPS) is 20.4. The molecule has 1 aromatic carbocycles. The van der Waals surface area contributed by atoms with Gasteiger partial charge in [0.05, 0.1) is 11.6 Å². The fraction of sp³-hybridized carbons (Fsp3) is 0.316. The van der Waals surface area contributed by atoms with Crippen LogP contribution in [-0.4, -0.2) is 39.4 Å². The zero-order valence-corrected chi connectivity index (χ0v) is 14.5. The van der Waals surface area contributed by atoms with Gasteiger partial charge in [0.15, 0.2) is 5.82 Å². The van der Waals surface area contributed by atoms with E-state index >= 15 is 0 Å². The highest BCUT2D eigenvalue weighted by Gasteiger charge is 2.39. The van der Waals surface area contributed by atoms with E-state index in [0.29, 0.717) is 12.5 Å². The summed E-state index contributed by atoms with van der Waals surface area (Å²) in [6, 6.07) is 10.7. The molecule has 1 aliphatic heterocycles. The summed E-state index contributed by atoms with van der Waals surface area (Å²) in [4.78, 5) is 23.7. The zero-order chi connectivity index (χ0) is 16.8. The number of carbonyl (C=O) groups excluding carboxylic acids is 1. The van der Waals surface area contributed by atoms with Crippen LogP contribution in [0.5, 0.6) is 0 Å². The summed E-state index contributed by atoms with van der Waals surface area (Å²) in [7, 11) is 0. The van der Waals surface area contributed by atoms with Crippen molar-refractivity contribution in [3.63, 3.8) is 0 Å². The molecule has 1 saturated carbocycles.